The number of aryl methyl sites for hydroxylation is 2. The molecule has 1 unspecified atom stereocenters. The fourth-order valence-corrected chi connectivity index (χ4v) is 3.33. The molecule has 1 N–H and O–H groups in total. The summed E-state index contributed by atoms with van der Waals surface area (Å²) >= 11 is 6.15. The molecule has 0 bridgehead atoms. The van der Waals surface area contributed by atoms with Crippen molar-refractivity contribution < 1.29 is 14.3 Å². The SMILES string of the molecule is COc1cc(Cl)c(C)cc1N1CC(C(=O)NCc2ccc(C)cc2)CC1=O. The summed E-state index contributed by atoms with van der Waals surface area (Å²) in [7, 11) is 1.54. The lowest BCUT2D eigenvalue weighted by molar-refractivity contribution is -0.126. The van der Waals surface area contributed by atoms with Gasteiger partial charge in [-0.15, -0.1) is 0 Å². The van der Waals surface area contributed by atoms with Gasteiger partial charge in [-0.05, 0) is 31.0 Å². The average molecular weight is 387 g/mol. The van der Waals surface area contributed by atoms with Crippen LogP contribution >= 0.6 is 11.6 Å². The lowest BCUT2D eigenvalue weighted by atomic mass is 10.1. The van der Waals surface area contributed by atoms with Gasteiger partial charge < -0.3 is 15.0 Å². The van der Waals surface area contributed by atoms with Gasteiger partial charge in [-0.2, -0.15) is 0 Å². The molecule has 0 saturated carbocycles. The Hall–Kier alpha value is -2.53. The Balaban J connectivity index is 1.69. The normalized spacial score (nSPS) is 16.5. The minimum atomic E-state index is -0.386. The third-order valence-electron chi connectivity index (χ3n) is 4.83. The van der Waals surface area contributed by atoms with Gasteiger partial charge in [0.1, 0.15) is 5.75 Å². The first-order chi connectivity index (χ1) is 12.9. The fraction of sp³-hybridized carbons (Fsp3) is 0.333. The van der Waals surface area contributed by atoms with Crippen LogP contribution in [0.1, 0.15) is 23.1 Å². The maximum Gasteiger partial charge on any atom is 0.227 e. The van der Waals surface area contributed by atoms with Gasteiger partial charge in [-0.3, -0.25) is 9.59 Å². The van der Waals surface area contributed by atoms with E-state index < -0.39 is 0 Å². The molecule has 1 fully saturated rings. The number of hydrogen-bond acceptors (Lipinski definition) is 3. The molecule has 3 rings (SSSR count). The molecule has 6 heteroatoms. The number of rotatable bonds is 5. The van der Waals surface area contributed by atoms with Gasteiger partial charge in [0, 0.05) is 30.6 Å². The summed E-state index contributed by atoms with van der Waals surface area (Å²) in [6.07, 6.45) is 0.185. The number of halogens is 1. The zero-order valence-electron chi connectivity index (χ0n) is 15.7. The molecule has 0 radical (unpaired) electrons. The summed E-state index contributed by atoms with van der Waals surface area (Å²) < 4.78 is 5.37. The molecule has 1 atom stereocenters. The van der Waals surface area contributed by atoms with Crippen molar-refractivity contribution in [2.75, 3.05) is 18.6 Å². The number of anilines is 1. The van der Waals surface area contributed by atoms with Gasteiger partial charge in [-0.25, -0.2) is 0 Å². The summed E-state index contributed by atoms with van der Waals surface area (Å²) in [5.41, 5.74) is 3.71. The highest BCUT2D eigenvalue weighted by Crippen LogP contribution is 2.36. The van der Waals surface area contributed by atoms with Crippen LogP contribution in [0.25, 0.3) is 0 Å². The molecule has 5 nitrogen and oxygen atoms in total. The van der Waals surface area contributed by atoms with E-state index in [9.17, 15) is 9.59 Å². The van der Waals surface area contributed by atoms with Crippen LogP contribution in [0.2, 0.25) is 5.02 Å². The van der Waals surface area contributed by atoms with Crippen molar-refractivity contribution in [3.63, 3.8) is 0 Å². The Morgan fingerprint density at radius 2 is 1.96 bits per heavy atom. The molecule has 1 aliphatic rings. The molecule has 27 heavy (non-hydrogen) atoms. The fourth-order valence-electron chi connectivity index (χ4n) is 3.18. The number of hydrogen-bond donors (Lipinski definition) is 1. The van der Waals surface area contributed by atoms with Gasteiger partial charge in [0.25, 0.3) is 0 Å². The molecule has 2 amide bonds. The Morgan fingerprint density at radius 1 is 1.26 bits per heavy atom. The predicted octanol–water partition coefficient (Wildman–Crippen LogP) is 3.63. The minimum Gasteiger partial charge on any atom is -0.495 e. The molecule has 1 heterocycles. The van der Waals surface area contributed by atoms with Gasteiger partial charge in [0.2, 0.25) is 11.8 Å². The second kappa shape index (κ2) is 8.01. The molecule has 2 aromatic carbocycles. The van der Waals surface area contributed by atoms with Gasteiger partial charge in [0.15, 0.2) is 0 Å². The summed E-state index contributed by atoms with van der Waals surface area (Å²) in [5, 5.41) is 3.51. The minimum absolute atomic E-state index is 0.0921. The van der Waals surface area contributed by atoms with Crippen molar-refractivity contribution in [2.24, 2.45) is 5.92 Å². The number of nitrogens with one attached hydrogen (secondary N) is 1. The van der Waals surface area contributed by atoms with E-state index in [-0.39, 0.29) is 24.2 Å². The molecule has 1 aliphatic heterocycles. The quantitative estimate of drug-likeness (QED) is 0.853. The monoisotopic (exact) mass is 386 g/mol. The van der Waals surface area contributed by atoms with E-state index in [0.717, 1.165) is 11.1 Å². The number of amides is 2. The standard InChI is InChI=1S/C21H23ClN2O3/c1-13-4-6-15(7-5-13)11-23-21(26)16-9-20(25)24(12-16)18-8-14(2)17(22)10-19(18)27-3/h4-8,10,16H,9,11-12H2,1-3H3,(H,23,26). The summed E-state index contributed by atoms with van der Waals surface area (Å²) in [6, 6.07) is 11.5. The van der Waals surface area contributed by atoms with Crippen molar-refractivity contribution in [1.29, 1.82) is 0 Å². The van der Waals surface area contributed by atoms with Crippen molar-refractivity contribution in [2.45, 2.75) is 26.8 Å². The average Bonchev–Trinajstić information content (AvgIpc) is 3.04. The Kier molecular flexibility index (Phi) is 5.71. The first kappa shape index (κ1) is 19.2. The predicted molar refractivity (Wildman–Crippen MR) is 106 cm³/mol. The second-order valence-corrected chi connectivity index (χ2v) is 7.29. The number of methoxy groups -OCH3 is 1. The number of benzene rings is 2. The zero-order valence-corrected chi connectivity index (χ0v) is 16.5. The molecular weight excluding hydrogens is 364 g/mol. The van der Waals surface area contributed by atoms with Crippen LogP contribution < -0.4 is 15.0 Å². The van der Waals surface area contributed by atoms with E-state index >= 15 is 0 Å². The lowest BCUT2D eigenvalue weighted by Crippen LogP contribution is -2.32. The van der Waals surface area contributed by atoms with E-state index in [4.69, 9.17) is 16.3 Å². The van der Waals surface area contributed by atoms with Crippen LogP contribution in [0, 0.1) is 19.8 Å². The van der Waals surface area contributed by atoms with Crippen molar-refractivity contribution in [3.05, 3.63) is 58.1 Å². The van der Waals surface area contributed by atoms with Gasteiger partial charge in [-0.1, -0.05) is 41.4 Å². The highest BCUT2D eigenvalue weighted by atomic mass is 35.5. The van der Waals surface area contributed by atoms with Crippen LogP contribution in [0.15, 0.2) is 36.4 Å². The van der Waals surface area contributed by atoms with E-state index in [1.165, 1.54) is 12.7 Å². The Bertz CT molecular complexity index is 864. The highest BCUT2D eigenvalue weighted by Gasteiger charge is 2.36. The Labute approximate surface area is 164 Å². The van der Waals surface area contributed by atoms with Crippen molar-refractivity contribution >= 4 is 29.1 Å². The van der Waals surface area contributed by atoms with Gasteiger partial charge >= 0.3 is 0 Å². The number of carbonyl (C=O) groups is 2. The van der Waals surface area contributed by atoms with Crippen LogP contribution in [-0.2, 0) is 16.1 Å². The molecule has 0 aromatic heterocycles. The maximum absolute atomic E-state index is 12.5. The molecule has 0 aliphatic carbocycles. The van der Waals surface area contributed by atoms with E-state index in [0.29, 0.717) is 29.5 Å². The molecule has 1 saturated heterocycles. The Morgan fingerprint density at radius 3 is 2.63 bits per heavy atom. The van der Waals surface area contributed by atoms with E-state index in [1.54, 1.807) is 11.0 Å². The highest BCUT2D eigenvalue weighted by molar-refractivity contribution is 6.31. The lowest BCUT2D eigenvalue weighted by Gasteiger charge is -2.20. The molecule has 0 spiro atoms. The third kappa shape index (κ3) is 4.25. The number of ether oxygens (including phenoxy) is 1. The largest absolute Gasteiger partial charge is 0.495 e. The van der Waals surface area contributed by atoms with Crippen LogP contribution in [-0.4, -0.2) is 25.5 Å². The van der Waals surface area contributed by atoms with Crippen LogP contribution in [0.3, 0.4) is 0 Å². The van der Waals surface area contributed by atoms with Crippen molar-refractivity contribution in [1.82, 2.24) is 5.32 Å². The first-order valence-corrected chi connectivity index (χ1v) is 9.24. The van der Waals surface area contributed by atoms with Crippen molar-refractivity contribution in [3.8, 4) is 5.75 Å². The summed E-state index contributed by atoms with van der Waals surface area (Å²) in [6.45, 7) is 4.68. The van der Waals surface area contributed by atoms with E-state index in [2.05, 4.69) is 5.32 Å². The zero-order chi connectivity index (χ0) is 19.6. The van der Waals surface area contributed by atoms with Gasteiger partial charge in [0.05, 0.1) is 18.7 Å². The molecule has 142 valence electrons. The number of nitrogens with zero attached hydrogens (tertiary/aromatic N) is 1. The molecular formula is C21H23ClN2O3. The topological polar surface area (TPSA) is 58.6 Å². The number of carbonyl (C=O) groups excluding carboxylic acids is 2. The first-order valence-electron chi connectivity index (χ1n) is 8.86. The van der Waals surface area contributed by atoms with Crippen LogP contribution in [0.5, 0.6) is 5.75 Å². The maximum atomic E-state index is 12.5. The second-order valence-electron chi connectivity index (χ2n) is 6.88. The van der Waals surface area contributed by atoms with E-state index in [1.807, 2.05) is 44.2 Å². The smallest absolute Gasteiger partial charge is 0.227 e. The van der Waals surface area contributed by atoms with Crippen LogP contribution in [0.4, 0.5) is 5.69 Å². The summed E-state index contributed by atoms with van der Waals surface area (Å²) in [5.74, 6) is -0.0649. The summed E-state index contributed by atoms with van der Waals surface area (Å²) in [4.78, 5) is 26.7. The third-order valence-corrected chi connectivity index (χ3v) is 5.24. The molecule has 2 aromatic rings.